The number of nitrogens with one attached hydrogen (secondary N) is 1. The van der Waals surface area contributed by atoms with Crippen molar-refractivity contribution in [2.45, 2.75) is 44.2 Å². The number of aliphatic hydroxyl groups is 1. The molecule has 1 aromatic heterocycles. The Morgan fingerprint density at radius 3 is 2.75 bits per heavy atom. The van der Waals surface area contributed by atoms with E-state index in [1.807, 2.05) is 0 Å². The van der Waals surface area contributed by atoms with Crippen LogP contribution in [0.4, 0.5) is 0 Å². The fourth-order valence-electron chi connectivity index (χ4n) is 2.25. The molecule has 1 saturated carbocycles. The second-order valence-electron chi connectivity index (χ2n) is 4.58. The zero-order valence-electron chi connectivity index (χ0n) is 9.34. The summed E-state index contributed by atoms with van der Waals surface area (Å²) >= 11 is 5.26. The number of rotatable bonds is 4. The van der Waals surface area contributed by atoms with E-state index in [4.69, 9.17) is 0 Å². The molecule has 2 N–H and O–H groups in total. The molecule has 1 heterocycles. The van der Waals surface area contributed by atoms with Crippen molar-refractivity contribution in [3.8, 4) is 0 Å². The van der Waals surface area contributed by atoms with Crippen molar-refractivity contribution in [1.29, 1.82) is 0 Å². The van der Waals surface area contributed by atoms with E-state index in [9.17, 15) is 5.11 Å². The third kappa shape index (κ3) is 3.29. The Morgan fingerprint density at radius 1 is 1.38 bits per heavy atom. The molecule has 0 unspecified atom stereocenters. The molecule has 2 nitrogen and oxygen atoms in total. The molecule has 0 aromatic carbocycles. The third-order valence-electron chi connectivity index (χ3n) is 3.21. The maximum absolute atomic E-state index is 10.3. The first-order valence-corrected chi connectivity index (χ1v) is 7.52. The standard InChI is InChI=1S/C12H18BrNOS/c13-10-4-7-16-11(10)8-14-9-12(15)5-2-1-3-6-12/h4,7,14-15H,1-3,5-6,8-9H2. The molecular formula is C12H18BrNOS. The van der Waals surface area contributed by atoms with Gasteiger partial charge in [0.15, 0.2) is 0 Å². The van der Waals surface area contributed by atoms with Crippen molar-refractivity contribution < 1.29 is 5.11 Å². The van der Waals surface area contributed by atoms with Gasteiger partial charge in [-0.3, -0.25) is 0 Å². The van der Waals surface area contributed by atoms with Crippen LogP contribution in [0.1, 0.15) is 37.0 Å². The van der Waals surface area contributed by atoms with Crippen molar-refractivity contribution in [3.05, 3.63) is 20.8 Å². The Labute approximate surface area is 109 Å². The number of hydrogen-bond donors (Lipinski definition) is 2. The average Bonchev–Trinajstić information content (AvgIpc) is 2.65. The Hall–Kier alpha value is 0.100. The predicted octanol–water partition coefficient (Wildman–Crippen LogP) is 3.30. The summed E-state index contributed by atoms with van der Waals surface area (Å²) in [6.45, 7) is 1.57. The quantitative estimate of drug-likeness (QED) is 0.894. The minimum absolute atomic E-state index is 0.456. The number of hydrogen-bond acceptors (Lipinski definition) is 3. The van der Waals surface area contributed by atoms with E-state index < -0.39 is 5.60 Å². The highest BCUT2D eigenvalue weighted by Crippen LogP contribution is 2.28. The van der Waals surface area contributed by atoms with Crippen molar-refractivity contribution in [2.24, 2.45) is 0 Å². The maximum atomic E-state index is 10.3. The van der Waals surface area contributed by atoms with E-state index in [0.717, 1.165) is 25.9 Å². The van der Waals surface area contributed by atoms with Crippen LogP contribution >= 0.6 is 27.3 Å². The van der Waals surface area contributed by atoms with Crippen LogP contribution in [0.3, 0.4) is 0 Å². The van der Waals surface area contributed by atoms with Crippen LogP contribution in [0.2, 0.25) is 0 Å². The van der Waals surface area contributed by atoms with Gasteiger partial charge in [-0.25, -0.2) is 0 Å². The van der Waals surface area contributed by atoms with Crippen LogP contribution in [-0.4, -0.2) is 17.3 Å². The summed E-state index contributed by atoms with van der Waals surface area (Å²) in [4.78, 5) is 1.31. The van der Waals surface area contributed by atoms with Gasteiger partial charge in [0.25, 0.3) is 0 Å². The van der Waals surface area contributed by atoms with Gasteiger partial charge < -0.3 is 10.4 Å². The Kier molecular flexibility index (Phi) is 4.41. The Morgan fingerprint density at radius 2 is 2.12 bits per heavy atom. The summed E-state index contributed by atoms with van der Waals surface area (Å²) in [5.74, 6) is 0. The molecule has 4 heteroatoms. The highest BCUT2D eigenvalue weighted by molar-refractivity contribution is 9.10. The SMILES string of the molecule is OC1(CNCc2sccc2Br)CCCCC1. The summed E-state index contributed by atoms with van der Waals surface area (Å²) in [6.07, 6.45) is 5.51. The van der Waals surface area contributed by atoms with E-state index in [-0.39, 0.29) is 0 Å². The molecule has 0 bridgehead atoms. The van der Waals surface area contributed by atoms with Gasteiger partial charge in [0, 0.05) is 22.4 Å². The van der Waals surface area contributed by atoms with Crippen LogP contribution < -0.4 is 5.32 Å². The molecule has 0 amide bonds. The van der Waals surface area contributed by atoms with Crippen LogP contribution in [0.15, 0.2) is 15.9 Å². The van der Waals surface area contributed by atoms with E-state index in [0.29, 0.717) is 0 Å². The van der Waals surface area contributed by atoms with Gasteiger partial charge in [-0.05, 0) is 40.2 Å². The van der Waals surface area contributed by atoms with E-state index >= 15 is 0 Å². The van der Waals surface area contributed by atoms with Crippen molar-refractivity contribution in [2.75, 3.05) is 6.54 Å². The first-order chi connectivity index (χ1) is 7.70. The Bertz CT molecular complexity index is 334. The molecule has 0 aliphatic heterocycles. The van der Waals surface area contributed by atoms with Crippen molar-refractivity contribution in [1.82, 2.24) is 5.32 Å². The lowest BCUT2D eigenvalue weighted by Crippen LogP contribution is -2.41. The second kappa shape index (κ2) is 5.63. The molecule has 0 radical (unpaired) electrons. The van der Waals surface area contributed by atoms with Gasteiger partial charge in [-0.15, -0.1) is 11.3 Å². The molecule has 2 rings (SSSR count). The molecule has 1 aromatic rings. The van der Waals surface area contributed by atoms with E-state index in [1.165, 1.54) is 28.6 Å². The minimum Gasteiger partial charge on any atom is -0.389 e. The smallest absolute Gasteiger partial charge is 0.0771 e. The lowest BCUT2D eigenvalue weighted by molar-refractivity contribution is 0.00471. The molecule has 0 saturated heterocycles. The van der Waals surface area contributed by atoms with Crippen LogP contribution in [-0.2, 0) is 6.54 Å². The highest BCUT2D eigenvalue weighted by Gasteiger charge is 2.28. The predicted molar refractivity (Wildman–Crippen MR) is 71.8 cm³/mol. The summed E-state index contributed by atoms with van der Waals surface area (Å²) < 4.78 is 1.17. The van der Waals surface area contributed by atoms with Crippen LogP contribution in [0, 0.1) is 0 Å². The fourth-order valence-corrected chi connectivity index (χ4v) is 3.71. The first-order valence-electron chi connectivity index (χ1n) is 5.85. The van der Waals surface area contributed by atoms with E-state index in [1.54, 1.807) is 11.3 Å². The first kappa shape index (κ1) is 12.6. The lowest BCUT2D eigenvalue weighted by Gasteiger charge is -2.32. The van der Waals surface area contributed by atoms with Gasteiger partial charge in [0.1, 0.15) is 0 Å². The minimum atomic E-state index is -0.456. The third-order valence-corrected chi connectivity index (χ3v) is 5.14. The average molecular weight is 304 g/mol. The maximum Gasteiger partial charge on any atom is 0.0771 e. The highest BCUT2D eigenvalue weighted by atomic mass is 79.9. The normalized spacial score (nSPS) is 19.9. The van der Waals surface area contributed by atoms with Crippen molar-refractivity contribution >= 4 is 27.3 Å². The van der Waals surface area contributed by atoms with Gasteiger partial charge >= 0.3 is 0 Å². The second-order valence-corrected chi connectivity index (χ2v) is 6.44. The zero-order valence-corrected chi connectivity index (χ0v) is 11.7. The van der Waals surface area contributed by atoms with Gasteiger partial charge in [-0.2, -0.15) is 0 Å². The number of thiophene rings is 1. The van der Waals surface area contributed by atoms with Gasteiger partial charge in [0.2, 0.25) is 0 Å². The van der Waals surface area contributed by atoms with Crippen LogP contribution in [0.5, 0.6) is 0 Å². The molecule has 0 atom stereocenters. The topological polar surface area (TPSA) is 32.3 Å². The fraction of sp³-hybridized carbons (Fsp3) is 0.667. The molecule has 1 fully saturated rings. The lowest BCUT2D eigenvalue weighted by atomic mass is 9.85. The van der Waals surface area contributed by atoms with Gasteiger partial charge in [-0.1, -0.05) is 19.3 Å². The Balaban J connectivity index is 1.77. The van der Waals surface area contributed by atoms with Crippen molar-refractivity contribution in [3.63, 3.8) is 0 Å². The largest absolute Gasteiger partial charge is 0.389 e. The monoisotopic (exact) mass is 303 g/mol. The summed E-state index contributed by atoms with van der Waals surface area (Å²) in [6, 6.07) is 2.07. The molecular weight excluding hydrogens is 286 g/mol. The molecule has 1 aliphatic rings. The molecule has 1 aliphatic carbocycles. The van der Waals surface area contributed by atoms with E-state index in [2.05, 4.69) is 32.7 Å². The molecule has 90 valence electrons. The van der Waals surface area contributed by atoms with Gasteiger partial charge in [0.05, 0.1) is 5.60 Å². The summed E-state index contributed by atoms with van der Waals surface area (Å²) in [5.41, 5.74) is -0.456. The summed E-state index contributed by atoms with van der Waals surface area (Å²) in [5, 5.41) is 15.7. The summed E-state index contributed by atoms with van der Waals surface area (Å²) in [7, 11) is 0. The molecule has 0 spiro atoms. The molecule has 16 heavy (non-hydrogen) atoms. The zero-order chi connectivity index (χ0) is 11.4. The van der Waals surface area contributed by atoms with Crippen LogP contribution in [0.25, 0.3) is 0 Å². The number of halogens is 1.